The highest BCUT2D eigenvalue weighted by atomic mass is 32.1. The molecule has 8 rings (SSSR count). The minimum atomic E-state index is -0.853. The molecule has 2 saturated heterocycles. The number of rotatable bonds is 17. The van der Waals surface area contributed by atoms with Crippen LogP contribution in [0, 0.1) is 19.8 Å². The zero-order chi connectivity index (χ0) is 49.6. The molecule has 6 aromatic rings. The number of hydrogen-bond acceptors (Lipinski definition) is 15. The molecule has 0 saturated carbocycles. The second-order valence-corrected chi connectivity index (χ2v) is 19.4. The smallest absolute Gasteiger partial charge is 0.414 e. The third kappa shape index (κ3) is 11.8. The molecule has 2 fully saturated rings. The highest BCUT2D eigenvalue weighted by molar-refractivity contribution is 7.13. The molecule has 2 aliphatic heterocycles. The Morgan fingerprint density at radius 1 is 0.957 bits per heavy atom. The maximum absolute atomic E-state index is 13.9. The summed E-state index contributed by atoms with van der Waals surface area (Å²) in [5.41, 5.74) is 8.03. The van der Waals surface area contributed by atoms with Crippen LogP contribution in [0.5, 0.6) is 5.75 Å². The molecule has 0 bridgehead atoms. The minimum absolute atomic E-state index is 0.0487. The highest BCUT2D eigenvalue weighted by Crippen LogP contribution is 2.34. The molecular weight excluding hydrogens is 915 g/mol. The summed E-state index contributed by atoms with van der Waals surface area (Å²) in [7, 11) is 1.64. The lowest BCUT2D eigenvalue weighted by molar-refractivity contribution is -0.141. The molecule has 3 N–H and O–H groups in total. The Kier molecular flexibility index (Phi) is 15.6. The van der Waals surface area contributed by atoms with Gasteiger partial charge in [0.15, 0.2) is 5.82 Å². The van der Waals surface area contributed by atoms with Crippen LogP contribution >= 0.6 is 11.3 Å². The quantitative estimate of drug-likeness (QED) is 0.0993. The molecule has 4 amide bonds. The number of aryl methyl sites for hydroxylation is 2. The molecule has 0 radical (unpaired) electrons. The Morgan fingerprint density at radius 2 is 1.73 bits per heavy atom. The van der Waals surface area contributed by atoms with Gasteiger partial charge in [0.05, 0.1) is 58.6 Å². The summed E-state index contributed by atoms with van der Waals surface area (Å²) < 4.78 is 19.1. The number of imidazole rings is 1. The number of nitrogens with one attached hydrogen (secondary N) is 2. The van der Waals surface area contributed by atoms with Crippen molar-refractivity contribution >= 4 is 52.3 Å². The summed E-state index contributed by atoms with van der Waals surface area (Å²) in [5.74, 6) is -0.0619. The van der Waals surface area contributed by atoms with E-state index in [4.69, 9.17) is 14.0 Å². The monoisotopic (exact) mass is 975 g/mol. The van der Waals surface area contributed by atoms with Crippen LogP contribution in [0.3, 0.4) is 0 Å². The third-order valence-corrected chi connectivity index (χ3v) is 13.5. The Labute approximate surface area is 410 Å². The number of thiazole rings is 1. The summed E-state index contributed by atoms with van der Waals surface area (Å²) in [4.78, 5) is 75.2. The molecule has 70 heavy (non-hydrogen) atoms. The van der Waals surface area contributed by atoms with E-state index in [2.05, 4.69) is 40.5 Å². The van der Waals surface area contributed by atoms with Crippen molar-refractivity contribution in [3.63, 3.8) is 0 Å². The van der Waals surface area contributed by atoms with Crippen LogP contribution in [0.15, 0.2) is 77.3 Å². The number of carbonyl (C=O) groups excluding carboxylic acids is 4. The number of amides is 4. The van der Waals surface area contributed by atoms with E-state index in [0.717, 1.165) is 45.9 Å². The van der Waals surface area contributed by atoms with Crippen molar-refractivity contribution in [1.82, 2.24) is 44.5 Å². The molecule has 20 heteroatoms. The topological polar surface area (TPSA) is 213 Å². The lowest BCUT2D eigenvalue weighted by Crippen LogP contribution is -2.49. The number of likely N-dealkylation sites (tertiary alicyclic amines) is 1. The van der Waals surface area contributed by atoms with Gasteiger partial charge in [-0.2, -0.15) is 0 Å². The number of aliphatic hydroxyl groups is 1. The van der Waals surface area contributed by atoms with Crippen LogP contribution in [0.2, 0.25) is 0 Å². The van der Waals surface area contributed by atoms with Crippen molar-refractivity contribution in [3.8, 4) is 27.3 Å². The number of fused-ring (bicyclic) bond motifs is 1. The van der Waals surface area contributed by atoms with Gasteiger partial charge in [-0.25, -0.2) is 14.8 Å². The van der Waals surface area contributed by atoms with E-state index in [1.165, 1.54) is 9.80 Å². The highest BCUT2D eigenvalue weighted by Gasteiger charge is 2.43. The predicted molar refractivity (Wildman–Crippen MR) is 265 cm³/mol. The number of aliphatic hydroxyl groups excluding tert-OH is 1. The first kappa shape index (κ1) is 49.7. The van der Waals surface area contributed by atoms with Gasteiger partial charge in [-0.3, -0.25) is 34.1 Å². The van der Waals surface area contributed by atoms with Crippen molar-refractivity contribution in [1.29, 1.82) is 0 Å². The lowest BCUT2D eigenvalue weighted by Gasteiger charge is -2.34. The first-order chi connectivity index (χ1) is 33.6. The summed E-state index contributed by atoms with van der Waals surface area (Å²) in [6.07, 6.45) is 5.58. The second-order valence-electron chi connectivity index (χ2n) is 18.5. The number of ether oxygens (including phenoxy) is 2. The van der Waals surface area contributed by atoms with Crippen LogP contribution < -0.4 is 20.3 Å². The van der Waals surface area contributed by atoms with Gasteiger partial charge in [-0.1, -0.05) is 31.1 Å². The summed E-state index contributed by atoms with van der Waals surface area (Å²) in [6, 6.07) is 12.4. The van der Waals surface area contributed by atoms with E-state index in [9.17, 15) is 24.3 Å². The van der Waals surface area contributed by atoms with Gasteiger partial charge in [0, 0.05) is 94.4 Å². The molecule has 0 unspecified atom stereocenters. The van der Waals surface area contributed by atoms with E-state index in [0.29, 0.717) is 60.6 Å². The maximum Gasteiger partial charge on any atom is 0.414 e. The zero-order valence-electron chi connectivity index (χ0n) is 40.6. The van der Waals surface area contributed by atoms with Crippen LogP contribution in [0.1, 0.15) is 62.7 Å². The molecule has 2 aliphatic rings. The normalized spacial score (nSPS) is 17.0. The van der Waals surface area contributed by atoms with Crippen molar-refractivity contribution in [2.24, 2.45) is 5.92 Å². The average Bonchev–Trinajstić information content (AvgIpc) is 4.15. The van der Waals surface area contributed by atoms with Crippen LogP contribution in [0.4, 0.5) is 16.3 Å². The molecule has 1 aromatic carbocycles. The van der Waals surface area contributed by atoms with E-state index in [1.807, 2.05) is 73.3 Å². The molecular formula is C50H61N11O8S. The van der Waals surface area contributed by atoms with E-state index >= 15 is 0 Å². The van der Waals surface area contributed by atoms with Gasteiger partial charge >= 0.3 is 6.09 Å². The zero-order valence-corrected chi connectivity index (χ0v) is 41.4. The van der Waals surface area contributed by atoms with Gasteiger partial charge in [0.1, 0.15) is 35.7 Å². The first-order valence-corrected chi connectivity index (χ1v) is 24.5. The fourth-order valence-corrected chi connectivity index (χ4v) is 9.63. The summed E-state index contributed by atoms with van der Waals surface area (Å²) >= 11 is 1.55. The number of piperazine rings is 1. The average molecular weight is 976 g/mol. The Hall–Kier alpha value is -6.74. The van der Waals surface area contributed by atoms with Crippen molar-refractivity contribution in [3.05, 3.63) is 95.5 Å². The maximum atomic E-state index is 13.9. The number of aromatic nitrogens is 5. The van der Waals surface area contributed by atoms with Crippen molar-refractivity contribution in [2.75, 3.05) is 69.7 Å². The number of anilines is 2. The molecule has 0 aliphatic carbocycles. The summed E-state index contributed by atoms with van der Waals surface area (Å²) in [5, 5.41) is 20.6. The molecule has 3 atom stereocenters. The predicted octanol–water partition coefficient (Wildman–Crippen LogP) is 5.76. The number of carbonyl (C=O) groups is 4. The summed E-state index contributed by atoms with van der Waals surface area (Å²) in [6.45, 7) is 15.5. The molecule has 5 aromatic heterocycles. The van der Waals surface area contributed by atoms with Crippen molar-refractivity contribution < 1.29 is 38.3 Å². The second kappa shape index (κ2) is 21.9. The standard InChI is InChI=1S/C50H61N11O8S/c1-30(2)46(42-18-32(5)56-69-42)49(65)61-26-39(62)21-40(61)48(64)52-23-35-9-8-34(47-33(6)53-29-70-47)20-41(35)67-17-16-58-12-14-59(15-13-58)28-45(63)55-43-27-60-25-36(10-11-44(60)54-43)37-19-38(24-51-22-37)57(7)50(66)68-31(3)4/h8-11,18-20,22,24-25,27,29-31,39-40,46,62H,12-17,21,23,26,28H2,1-7H3,(H,52,64)(H,55,63)/t39-,40+,46-/m1/s1. The van der Waals surface area contributed by atoms with E-state index in [1.54, 1.807) is 63.8 Å². The molecule has 19 nitrogen and oxygen atoms in total. The van der Waals surface area contributed by atoms with Crippen LogP contribution in [-0.2, 0) is 25.7 Å². The van der Waals surface area contributed by atoms with Crippen molar-refractivity contribution in [2.45, 2.75) is 78.7 Å². The minimum Gasteiger partial charge on any atom is -0.492 e. The van der Waals surface area contributed by atoms with E-state index < -0.39 is 24.2 Å². The van der Waals surface area contributed by atoms with Gasteiger partial charge in [-0.05, 0) is 63.4 Å². The van der Waals surface area contributed by atoms with Gasteiger partial charge < -0.3 is 39.0 Å². The Balaban J connectivity index is 0.834. The van der Waals surface area contributed by atoms with E-state index in [-0.39, 0.29) is 55.8 Å². The molecule has 0 spiro atoms. The van der Waals surface area contributed by atoms with Crippen LogP contribution in [0.25, 0.3) is 27.2 Å². The third-order valence-electron chi connectivity index (χ3n) is 12.5. The number of pyridine rings is 2. The fraction of sp³-hybridized carbons (Fsp3) is 0.440. The largest absolute Gasteiger partial charge is 0.492 e. The molecule has 370 valence electrons. The lowest BCUT2D eigenvalue weighted by atomic mass is 9.91. The first-order valence-electron chi connectivity index (χ1n) is 23.6. The van der Waals surface area contributed by atoms with Gasteiger partial charge in [0.2, 0.25) is 17.7 Å². The van der Waals surface area contributed by atoms with Crippen LogP contribution in [-0.4, -0.2) is 146 Å². The van der Waals surface area contributed by atoms with Gasteiger partial charge in [0.25, 0.3) is 0 Å². The number of hydrogen-bond donors (Lipinski definition) is 3. The number of nitrogens with zero attached hydrogens (tertiary/aromatic N) is 9. The SMILES string of the molecule is Cc1cc([C@H](C(=O)N2C[C@H](O)C[C@H]2C(=O)NCc2ccc(-c3scnc3C)cc2OCCN2CCN(CC(=O)Nc3cn4cc(-c5cncc(N(C)C(=O)OC(C)C)c5)ccc4n3)CC2)C(C)C)on1. The van der Waals surface area contributed by atoms with Gasteiger partial charge in [-0.15, -0.1) is 11.3 Å². The fourth-order valence-electron chi connectivity index (χ4n) is 8.82. The number of β-amino-alcohol motifs (C(OH)–C–C–N with tert-alkyl or cyclic N) is 1. The Bertz CT molecular complexity index is 2820. The number of benzene rings is 1. The Morgan fingerprint density at radius 3 is 2.44 bits per heavy atom. The molecule has 7 heterocycles.